The summed E-state index contributed by atoms with van der Waals surface area (Å²) in [4.78, 5) is 24.9. The minimum atomic E-state index is -0.971. The quantitative estimate of drug-likeness (QED) is 0.919. The van der Waals surface area contributed by atoms with Crippen LogP contribution in [0.3, 0.4) is 0 Å². The first kappa shape index (κ1) is 15.6. The van der Waals surface area contributed by atoms with Gasteiger partial charge in [0.25, 0.3) is 5.91 Å². The minimum absolute atomic E-state index is 0.137. The number of hydrogen-bond acceptors (Lipinski definition) is 4. The molecule has 1 atom stereocenters. The Bertz CT molecular complexity index is 552. The Labute approximate surface area is 126 Å². The topological polar surface area (TPSA) is 66.8 Å². The van der Waals surface area contributed by atoms with Gasteiger partial charge in [0, 0.05) is 18.1 Å². The number of ether oxygens (including phenoxy) is 1. The third-order valence-electron chi connectivity index (χ3n) is 3.31. The first-order chi connectivity index (χ1) is 10.0. The Kier molecular flexibility index (Phi) is 5.06. The highest BCUT2D eigenvalue weighted by Crippen LogP contribution is 2.27. The Balaban J connectivity index is 2.31. The summed E-state index contributed by atoms with van der Waals surface area (Å²) >= 11 is 1.59. The average molecular weight is 313 g/mol. The van der Waals surface area contributed by atoms with Crippen LogP contribution >= 0.6 is 11.8 Å². The summed E-state index contributed by atoms with van der Waals surface area (Å²) in [7, 11) is 1.37. The van der Waals surface area contributed by atoms with Crippen LogP contribution in [0.1, 0.15) is 16.8 Å². The van der Waals surface area contributed by atoms with Crippen molar-refractivity contribution in [3.05, 3.63) is 29.6 Å². The van der Waals surface area contributed by atoms with E-state index in [9.17, 15) is 14.0 Å². The van der Waals surface area contributed by atoms with E-state index in [0.29, 0.717) is 18.1 Å². The predicted octanol–water partition coefficient (Wildman–Crippen LogP) is 1.87. The van der Waals surface area contributed by atoms with E-state index in [-0.39, 0.29) is 17.7 Å². The Hall–Kier alpha value is -1.76. The van der Waals surface area contributed by atoms with Crippen molar-refractivity contribution in [2.45, 2.75) is 12.5 Å². The van der Waals surface area contributed by atoms with Gasteiger partial charge in [-0.3, -0.25) is 9.59 Å². The highest BCUT2D eigenvalue weighted by atomic mass is 32.2. The molecule has 0 saturated carbocycles. The zero-order valence-corrected chi connectivity index (χ0v) is 12.4. The van der Waals surface area contributed by atoms with Crippen LogP contribution in [-0.2, 0) is 4.79 Å². The SMILES string of the molecule is COc1cccc(F)c1C(=O)N1CCSCC1CC(=O)O. The van der Waals surface area contributed by atoms with Crippen molar-refractivity contribution >= 4 is 23.6 Å². The molecule has 7 heteroatoms. The van der Waals surface area contributed by atoms with Crippen molar-refractivity contribution in [3.63, 3.8) is 0 Å². The lowest BCUT2D eigenvalue weighted by Gasteiger charge is -2.35. The number of carboxylic acid groups (broad SMARTS) is 1. The molecule has 0 radical (unpaired) electrons. The van der Waals surface area contributed by atoms with Crippen LogP contribution in [-0.4, -0.2) is 53.1 Å². The number of amides is 1. The van der Waals surface area contributed by atoms with E-state index in [1.165, 1.54) is 30.2 Å². The van der Waals surface area contributed by atoms with Gasteiger partial charge in [0.2, 0.25) is 0 Å². The number of hydrogen-bond donors (Lipinski definition) is 1. The molecular weight excluding hydrogens is 297 g/mol. The number of nitrogens with zero attached hydrogens (tertiary/aromatic N) is 1. The van der Waals surface area contributed by atoms with Gasteiger partial charge in [-0.1, -0.05) is 6.07 Å². The van der Waals surface area contributed by atoms with Crippen LogP contribution in [0.15, 0.2) is 18.2 Å². The monoisotopic (exact) mass is 313 g/mol. The van der Waals surface area contributed by atoms with Gasteiger partial charge >= 0.3 is 5.97 Å². The molecule has 2 rings (SSSR count). The van der Waals surface area contributed by atoms with Crippen LogP contribution in [0, 0.1) is 5.82 Å². The molecule has 0 spiro atoms. The summed E-state index contributed by atoms with van der Waals surface area (Å²) in [5, 5.41) is 8.95. The molecule has 1 aromatic rings. The number of rotatable bonds is 4. The second kappa shape index (κ2) is 6.80. The van der Waals surface area contributed by atoms with E-state index in [4.69, 9.17) is 9.84 Å². The third kappa shape index (κ3) is 3.47. The molecule has 0 bridgehead atoms. The molecule has 1 aliphatic rings. The maximum Gasteiger partial charge on any atom is 0.305 e. The third-order valence-corrected chi connectivity index (χ3v) is 4.40. The normalized spacial score (nSPS) is 18.4. The van der Waals surface area contributed by atoms with E-state index in [1.54, 1.807) is 11.8 Å². The number of carboxylic acids is 1. The van der Waals surface area contributed by atoms with Gasteiger partial charge in [0.15, 0.2) is 0 Å². The second-order valence-electron chi connectivity index (χ2n) is 4.64. The Morgan fingerprint density at radius 2 is 2.29 bits per heavy atom. The molecule has 1 unspecified atom stereocenters. The van der Waals surface area contributed by atoms with Crippen LogP contribution in [0.4, 0.5) is 4.39 Å². The van der Waals surface area contributed by atoms with Crippen molar-refractivity contribution in [2.24, 2.45) is 0 Å². The summed E-state index contributed by atoms with van der Waals surface area (Å²) in [5.74, 6) is -0.746. The number of benzene rings is 1. The van der Waals surface area contributed by atoms with Gasteiger partial charge < -0.3 is 14.7 Å². The molecule has 1 aliphatic heterocycles. The number of thioether (sulfide) groups is 1. The number of carbonyl (C=O) groups is 2. The number of methoxy groups -OCH3 is 1. The molecule has 21 heavy (non-hydrogen) atoms. The van der Waals surface area contributed by atoms with Crippen LogP contribution < -0.4 is 4.74 Å². The van der Waals surface area contributed by atoms with E-state index in [2.05, 4.69) is 0 Å². The molecule has 1 heterocycles. The largest absolute Gasteiger partial charge is 0.496 e. The molecule has 5 nitrogen and oxygen atoms in total. The zero-order valence-electron chi connectivity index (χ0n) is 11.5. The number of halogens is 1. The summed E-state index contributed by atoms with van der Waals surface area (Å²) < 4.78 is 19.0. The Morgan fingerprint density at radius 3 is 2.95 bits per heavy atom. The van der Waals surface area contributed by atoms with Gasteiger partial charge in [-0.15, -0.1) is 0 Å². The van der Waals surface area contributed by atoms with Gasteiger partial charge in [-0.05, 0) is 12.1 Å². The van der Waals surface area contributed by atoms with Gasteiger partial charge in [-0.25, -0.2) is 4.39 Å². The number of carbonyl (C=O) groups excluding carboxylic acids is 1. The highest BCUT2D eigenvalue weighted by Gasteiger charge is 2.32. The van der Waals surface area contributed by atoms with Crippen LogP contribution in [0.25, 0.3) is 0 Å². The second-order valence-corrected chi connectivity index (χ2v) is 5.79. The fourth-order valence-corrected chi connectivity index (χ4v) is 3.38. The van der Waals surface area contributed by atoms with Crippen molar-refractivity contribution in [3.8, 4) is 5.75 Å². The molecule has 1 fully saturated rings. The molecule has 0 aliphatic carbocycles. The van der Waals surface area contributed by atoms with Gasteiger partial charge in [0.05, 0.1) is 19.6 Å². The molecule has 1 saturated heterocycles. The Morgan fingerprint density at radius 1 is 1.52 bits per heavy atom. The van der Waals surface area contributed by atoms with E-state index in [1.807, 2.05) is 0 Å². The van der Waals surface area contributed by atoms with Crippen molar-refractivity contribution in [2.75, 3.05) is 25.2 Å². The molecule has 1 amide bonds. The summed E-state index contributed by atoms with van der Waals surface area (Å²) in [6, 6.07) is 3.74. The zero-order chi connectivity index (χ0) is 15.4. The summed E-state index contributed by atoms with van der Waals surface area (Å²) in [6.07, 6.45) is -0.143. The predicted molar refractivity (Wildman–Crippen MR) is 77.4 cm³/mol. The van der Waals surface area contributed by atoms with Crippen LogP contribution in [0.5, 0.6) is 5.75 Å². The smallest absolute Gasteiger partial charge is 0.305 e. The van der Waals surface area contributed by atoms with Crippen LogP contribution in [0.2, 0.25) is 0 Å². The molecule has 1 N–H and O–H groups in total. The lowest BCUT2D eigenvalue weighted by molar-refractivity contribution is -0.138. The first-order valence-corrected chi connectivity index (χ1v) is 7.63. The van der Waals surface area contributed by atoms with E-state index < -0.39 is 23.7 Å². The maximum atomic E-state index is 14.0. The number of aliphatic carboxylic acids is 1. The maximum absolute atomic E-state index is 14.0. The molecule has 1 aromatic carbocycles. The lowest BCUT2D eigenvalue weighted by atomic mass is 10.1. The average Bonchev–Trinajstić information content (AvgIpc) is 2.46. The molecule has 0 aromatic heterocycles. The lowest BCUT2D eigenvalue weighted by Crippen LogP contribution is -2.47. The van der Waals surface area contributed by atoms with E-state index >= 15 is 0 Å². The summed E-state index contributed by atoms with van der Waals surface area (Å²) in [5.41, 5.74) is -0.137. The van der Waals surface area contributed by atoms with Crippen molar-refractivity contribution in [1.82, 2.24) is 4.90 Å². The minimum Gasteiger partial charge on any atom is -0.496 e. The standard InChI is InChI=1S/C14H16FNO4S/c1-20-11-4-2-3-10(15)13(11)14(19)16-5-6-21-8-9(16)7-12(17)18/h2-4,9H,5-8H2,1H3,(H,17,18). The summed E-state index contributed by atoms with van der Waals surface area (Å²) in [6.45, 7) is 0.402. The van der Waals surface area contributed by atoms with E-state index in [0.717, 1.165) is 0 Å². The molecule has 114 valence electrons. The fraction of sp³-hybridized carbons (Fsp3) is 0.429. The first-order valence-electron chi connectivity index (χ1n) is 6.47. The van der Waals surface area contributed by atoms with Crippen molar-refractivity contribution in [1.29, 1.82) is 0 Å². The fourth-order valence-electron chi connectivity index (χ4n) is 2.32. The van der Waals surface area contributed by atoms with Gasteiger partial charge in [-0.2, -0.15) is 11.8 Å². The highest BCUT2D eigenvalue weighted by molar-refractivity contribution is 7.99. The van der Waals surface area contributed by atoms with Crippen molar-refractivity contribution < 1.29 is 23.8 Å². The van der Waals surface area contributed by atoms with Gasteiger partial charge in [0.1, 0.15) is 17.1 Å². The molecular formula is C14H16FNO4S.